The Morgan fingerprint density at radius 2 is 1.44 bits per heavy atom. The Morgan fingerprint density at radius 3 is 1.94 bits per heavy atom. The molecule has 6 nitrogen and oxygen atoms in total. The summed E-state index contributed by atoms with van der Waals surface area (Å²) in [5.74, 6) is -27.7. The second-order valence-corrected chi connectivity index (χ2v) is 7.18. The molecular weight excluding hydrogens is 460 g/mol. The fraction of sp³-hybridized carbons (Fsp3) is 0.778. The lowest BCUT2D eigenvalue weighted by Gasteiger charge is -2.36. The van der Waals surface area contributed by atoms with Gasteiger partial charge in [0.2, 0.25) is 0 Å². The van der Waals surface area contributed by atoms with Crippen LogP contribution < -0.4 is 10.6 Å². The molecule has 0 aromatic heterocycles. The van der Waals surface area contributed by atoms with Crippen molar-refractivity contribution in [2.75, 3.05) is 39.4 Å². The van der Waals surface area contributed by atoms with Crippen LogP contribution in [0.5, 0.6) is 0 Å². The second-order valence-electron chi connectivity index (χ2n) is 7.18. The van der Waals surface area contributed by atoms with Crippen LogP contribution in [-0.2, 0) is 19.1 Å². The summed E-state index contributed by atoms with van der Waals surface area (Å²) < 4.78 is 117. The van der Waals surface area contributed by atoms with Crippen LogP contribution in [-0.4, -0.2) is 75.0 Å². The number of carbonyl (C=O) groups is 2. The molecule has 0 aliphatic carbocycles. The van der Waals surface area contributed by atoms with Crippen molar-refractivity contribution in [3.63, 3.8) is 0 Å². The lowest BCUT2D eigenvalue weighted by Crippen LogP contribution is -2.64. The zero-order valence-electron chi connectivity index (χ0n) is 16.9. The van der Waals surface area contributed by atoms with E-state index in [1.807, 2.05) is 0 Å². The summed E-state index contributed by atoms with van der Waals surface area (Å²) in [6, 6.07) is 0. The largest absolute Gasteiger partial charge is 0.459 e. The van der Waals surface area contributed by atoms with Crippen molar-refractivity contribution >= 4 is 11.9 Å². The van der Waals surface area contributed by atoms with Gasteiger partial charge < -0.3 is 20.1 Å². The maximum Gasteiger partial charge on any atom is 0.381 e. The SMILES string of the molecule is C=CC(=O)OCC(F)(F)C(F)(F)C(F)(F)C(F)(F)COC(=O)CCNCC1CCNCC1. The van der Waals surface area contributed by atoms with Crippen molar-refractivity contribution in [3.8, 4) is 0 Å². The van der Waals surface area contributed by atoms with Crippen LogP contribution in [0.3, 0.4) is 0 Å². The van der Waals surface area contributed by atoms with Crippen LogP contribution in [0, 0.1) is 5.92 Å². The minimum atomic E-state index is -6.65. The molecule has 14 heteroatoms. The minimum absolute atomic E-state index is 0.0480. The van der Waals surface area contributed by atoms with Crippen molar-refractivity contribution in [3.05, 3.63) is 12.7 Å². The first-order chi connectivity index (χ1) is 14.7. The molecule has 1 fully saturated rings. The van der Waals surface area contributed by atoms with Crippen molar-refractivity contribution in [2.24, 2.45) is 5.92 Å². The molecule has 0 atom stereocenters. The molecule has 186 valence electrons. The number of hydrogen-bond acceptors (Lipinski definition) is 6. The molecule has 1 aliphatic rings. The Kier molecular flexibility index (Phi) is 9.87. The third-order valence-electron chi connectivity index (χ3n) is 4.69. The van der Waals surface area contributed by atoms with Gasteiger partial charge in [-0.15, -0.1) is 0 Å². The zero-order valence-corrected chi connectivity index (χ0v) is 16.9. The molecule has 0 aromatic rings. The Morgan fingerprint density at radius 1 is 0.938 bits per heavy atom. The highest BCUT2D eigenvalue weighted by Gasteiger charge is 2.81. The molecule has 2 N–H and O–H groups in total. The van der Waals surface area contributed by atoms with E-state index >= 15 is 0 Å². The molecule has 0 spiro atoms. The molecule has 32 heavy (non-hydrogen) atoms. The number of alkyl halides is 8. The van der Waals surface area contributed by atoms with Crippen molar-refractivity contribution in [1.29, 1.82) is 0 Å². The Hall–Kier alpha value is -1.96. The highest BCUT2D eigenvalue weighted by molar-refractivity contribution is 5.81. The fourth-order valence-corrected chi connectivity index (χ4v) is 2.69. The minimum Gasteiger partial charge on any atom is -0.459 e. The van der Waals surface area contributed by atoms with E-state index in [9.17, 15) is 44.7 Å². The average Bonchev–Trinajstić information content (AvgIpc) is 2.74. The third kappa shape index (κ3) is 7.02. The van der Waals surface area contributed by atoms with Crippen LogP contribution in [0.25, 0.3) is 0 Å². The predicted molar refractivity (Wildman–Crippen MR) is 95.0 cm³/mol. The highest BCUT2D eigenvalue weighted by Crippen LogP contribution is 2.52. The van der Waals surface area contributed by atoms with Gasteiger partial charge >= 0.3 is 35.6 Å². The Labute approximate surface area is 178 Å². The molecule has 0 bridgehead atoms. The number of nitrogens with one attached hydrogen (secondary N) is 2. The van der Waals surface area contributed by atoms with Crippen molar-refractivity contribution < 1.29 is 54.2 Å². The first-order valence-electron chi connectivity index (χ1n) is 9.55. The van der Waals surface area contributed by atoms with Gasteiger partial charge in [0.1, 0.15) is 0 Å². The average molecular weight is 484 g/mol. The van der Waals surface area contributed by atoms with E-state index in [4.69, 9.17) is 0 Å². The molecule has 0 radical (unpaired) electrons. The van der Waals surface area contributed by atoms with Gasteiger partial charge in [0, 0.05) is 12.6 Å². The van der Waals surface area contributed by atoms with Gasteiger partial charge in [-0.1, -0.05) is 6.58 Å². The van der Waals surface area contributed by atoms with Gasteiger partial charge in [-0.3, -0.25) is 4.79 Å². The number of carbonyl (C=O) groups excluding carboxylic acids is 2. The van der Waals surface area contributed by atoms with Gasteiger partial charge in [0.15, 0.2) is 13.2 Å². The van der Waals surface area contributed by atoms with E-state index in [2.05, 4.69) is 26.7 Å². The Balaban J connectivity index is 2.59. The fourth-order valence-electron chi connectivity index (χ4n) is 2.69. The van der Waals surface area contributed by atoms with Gasteiger partial charge in [-0.25, -0.2) is 4.79 Å². The van der Waals surface area contributed by atoms with Crippen molar-refractivity contribution in [2.45, 2.75) is 43.0 Å². The maximum atomic E-state index is 13.7. The summed E-state index contributed by atoms with van der Waals surface area (Å²) >= 11 is 0. The molecular formula is C18H24F8N2O4. The quantitative estimate of drug-likeness (QED) is 0.181. The van der Waals surface area contributed by atoms with Gasteiger partial charge in [0.25, 0.3) is 0 Å². The van der Waals surface area contributed by atoms with Crippen molar-refractivity contribution in [1.82, 2.24) is 10.6 Å². The molecule has 1 saturated heterocycles. The molecule has 0 amide bonds. The van der Waals surface area contributed by atoms with Crippen LogP contribution >= 0.6 is 0 Å². The topological polar surface area (TPSA) is 76.7 Å². The lowest BCUT2D eigenvalue weighted by molar-refractivity contribution is -0.374. The van der Waals surface area contributed by atoms with Gasteiger partial charge in [-0.05, 0) is 38.4 Å². The third-order valence-corrected chi connectivity index (χ3v) is 4.69. The first kappa shape index (κ1) is 28.1. The number of esters is 2. The summed E-state index contributed by atoms with van der Waals surface area (Å²) in [4.78, 5) is 22.2. The molecule has 0 aromatic carbocycles. The zero-order chi connectivity index (χ0) is 24.6. The molecule has 0 unspecified atom stereocenters. The summed E-state index contributed by atoms with van der Waals surface area (Å²) in [6.45, 7) is -0.275. The highest BCUT2D eigenvalue weighted by atomic mass is 19.4. The second kappa shape index (κ2) is 11.3. The summed E-state index contributed by atoms with van der Waals surface area (Å²) in [5, 5.41) is 5.99. The number of halogens is 8. The standard InChI is InChI=1S/C18H24F8N2O4/c1-2-13(29)31-10-15(19,20)17(23,24)18(25,26)16(21,22)11-32-14(30)5-8-28-9-12-3-6-27-7-4-12/h2,12,27-28H,1,3-11H2. The molecule has 1 heterocycles. The van der Waals surface area contributed by atoms with E-state index in [1.165, 1.54) is 0 Å². The van der Waals surface area contributed by atoms with Gasteiger partial charge in [-0.2, -0.15) is 35.1 Å². The summed E-state index contributed by atoms with van der Waals surface area (Å²) in [7, 11) is 0. The van der Waals surface area contributed by atoms with E-state index in [1.54, 1.807) is 0 Å². The smallest absolute Gasteiger partial charge is 0.381 e. The lowest BCUT2D eigenvalue weighted by atomic mass is 9.98. The number of piperidine rings is 1. The molecule has 1 rings (SSSR count). The molecule has 1 aliphatic heterocycles. The predicted octanol–water partition coefficient (Wildman–Crippen LogP) is 2.78. The number of ether oxygens (including phenoxy) is 2. The molecule has 0 saturated carbocycles. The van der Waals surface area contributed by atoms with Crippen LogP contribution in [0.4, 0.5) is 35.1 Å². The number of hydrogen-bond donors (Lipinski definition) is 2. The van der Waals surface area contributed by atoms with E-state index in [0.29, 0.717) is 12.5 Å². The van der Waals surface area contributed by atoms with Crippen LogP contribution in [0.1, 0.15) is 19.3 Å². The van der Waals surface area contributed by atoms with Crippen LogP contribution in [0.15, 0.2) is 12.7 Å². The number of rotatable bonds is 13. The summed E-state index contributed by atoms with van der Waals surface area (Å²) in [6.07, 6.45) is 1.51. The van der Waals surface area contributed by atoms with E-state index in [-0.39, 0.29) is 12.6 Å². The van der Waals surface area contributed by atoms with Crippen LogP contribution in [0.2, 0.25) is 0 Å². The first-order valence-corrected chi connectivity index (χ1v) is 9.55. The monoisotopic (exact) mass is 484 g/mol. The van der Waals surface area contributed by atoms with E-state index in [0.717, 1.165) is 25.9 Å². The maximum absolute atomic E-state index is 13.7. The van der Waals surface area contributed by atoms with Gasteiger partial charge in [0.05, 0.1) is 6.42 Å². The summed E-state index contributed by atoms with van der Waals surface area (Å²) in [5.41, 5.74) is 0. The van der Waals surface area contributed by atoms with E-state index < -0.39 is 55.3 Å². The Bertz CT molecular complexity index is 655. The normalized spacial score (nSPS) is 16.5.